The van der Waals surface area contributed by atoms with Gasteiger partial charge >= 0.3 is 0 Å². The highest BCUT2D eigenvalue weighted by Crippen LogP contribution is 2.22. The van der Waals surface area contributed by atoms with Crippen molar-refractivity contribution in [2.45, 2.75) is 19.5 Å². The van der Waals surface area contributed by atoms with Crippen LogP contribution < -0.4 is 5.32 Å². The maximum absolute atomic E-state index is 12.9. The van der Waals surface area contributed by atoms with E-state index in [2.05, 4.69) is 15.3 Å². The van der Waals surface area contributed by atoms with Crippen LogP contribution in [0.1, 0.15) is 28.4 Å². The fourth-order valence-corrected chi connectivity index (χ4v) is 4.26. The molecule has 4 rings (SSSR count). The van der Waals surface area contributed by atoms with E-state index in [-0.39, 0.29) is 11.9 Å². The Morgan fingerprint density at radius 2 is 1.79 bits per heavy atom. The van der Waals surface area contributed by atoms with Crippen molar-refractivity contribution in [2.24, 2.45) is 0 Å². The molecule has 0 aliphatic carbocycles. The maximum atomic E-state index is 12.9. The molecule has 1 atom stereocenters. The molecule has 0 saturated carbocycles. The van der Waals surface area contributed by atoms with Crippen LogP contribution in [-0.2, 0) is 16.1 Å². The van der Waals surface area contributed by atoms with E-state index in [0.717, 1.165) is 55.2 Å². The Balaban J connectivity index is 1.45. The van der Waals surface area contributed by atoms with E-state index in [1.165, 1.54) is 6.08 Å². The number of amides is 1. The van der Waals surface area contributed by atoms with Crippen molar-refractivity contribution in [3.05, 3.63) is 94.3 Å². The van der Waals surface area contributed by atoms with Crippen LogP contribution in [-0.4, -0.2) is 53.4 Å². The molecule has 0 radical (unpaired) electrons. The van der Waals surface area contributed by atoms with Gasteiger partial charge in [0.1, 0.15) is 5.15 Å². The Kier molecular flexibility index (Phi) is 7.94. The highest BCUT2D eigenvalue weighted by Gasteiger charge is 2.19. The lowest BCUT2D eigenvalue weighted by Crippen LogP contribution is -2.42. The monoisotopic (exact) mass is 464 g/mol. The van der Waals surface area contributed by atoms with Crippen molar-refractivity contribution in [1.82, 2.24) is 20.0 Å². The first-order valence-electron chi connectivity index (χ1n) is 11.2. The topological polar surface area (TPSA) is 59.4 Å². The minimum atomic E-state index is -0.164. The van der Waals surface area contributed by atoms with Gasteiger partial charge in [-0.05, 0) is 24.1 Å². The number of nitrogens with one attached hydrogen (secondary N) is 1. The molecule has 1 aliphatic heterocycles. The van der Waals surface area contributed by atoms with Crippen LogP contribution >= 0.6 is 11.6 Å². The highest BCUT2D eigenvalue weighted by molar-refractivity contribution is 6.31. The molecule has 1 aromatic heterocycles. The second-order valence-electron chi connectivity index (χ2n) is 8.15. The van der Waals surface area contributed by atoms with Gasteiger partial charge in [0.15, 0.2) is 0 Å². The number of carbonyl (C=O) groups is 1. The third-order valence-electron chi connectivity index (χ3n) is 5.75. The number of hydrogen-bond donors (Lipinski definition) is 1. The number of aryl methyl sites for hydroxylation is 1. The molecule has 7 heteroatoms. The molecule has 0 bridgehead atoms. The number of ether oxygens (including phenoxy) is 1. The summed E-state index contributed by atoms with van der Waals surface area (Å²) in [6.07, 6.45) is 3.29. The minimum Gasteiger partial charge on any atom is -0.379 e. The first-order chi connectivity index (χ1) is 16.1. The Morgan fingerprint density at radius 1 is 1.12 bits per heavy atom. The standard InChI is InChI=1S/C26H29ClN4O2/c1-20-23(26(27)31(29-20)18-21-8-4-2-5-9-21)12-13-25(32)28-24(22-10-6-3-7-11-22)19-30-14-16-33-17-15-30/h2-13,24H,14-19H2,1H3,(H,28,32)/b13-12+. The number of nitrogens with zero attached hydrogens (tertiary/aromatic N) is 3. The second-order valence-corrected chi connectivity index (χ2v) is 8.51. The van der Waals surface area contributed by atoms with Gasteiger partial charge in [-0.1, -0.05) is 72.3 Å². The number of halogens is 1. The summed E-state index contributed by atoms with van der Waals surface area (Å²) in [6, 6.07) is 20.0. The molecule has 1 saturated heterocycles. The van der Waals surface area contributed by atoms with Gasteiger partial charge in [-0.15, -0.1) is 0 Å². The Bertz CT molecular complexity index is 1080. The molecular formula is C26H29ClN4O2. The van der Waals surface area contributed by atoms with Crippen LogP contribution in [0.5, 0.6) is 0 Å². The fraction of sp³-hybridized carbons (Fsp3) is 0.308. The molecule has 0 spiro atoms. The molecule has 2 aromatic carbocycles. The summed E-state index contributed by atoms with van der Waals surface area (Å²) in [4.78, 5) is 15.2. The summed E-state index contributed by atoms with van der Waals surface area (Å²) < 4.78 is 7.22. The molecule has 6 nitrogen and oxygen atoms in total. The van der Waals surface area contributed by atoms with Gasteiger partial charge in [-0.3, -0.25) is 9.69 Å². The van der Waals surface area contributed by atoms with E-state index >= 15 is 0 Å². The normalized spacial score (nSPS) is 15.6. The summed E-state index contributed by atoms with van der Waals surface area (Å²) in [5, 5.41) is 8.23. The predicted octanol–water partition coefficient (Wildman–Crippen LogP) is 4.10. The SMILES string of the molecule is Cc1nn(Cc2ccccc2)c(Cl)c1/C=C/C(=O)NC(CN1CCOCC1)c1ccccc1. The average molecular weight is 465 g/mol. The van der Waals surface area contributed by atoms with E-state index in [4.69, 9.17) is 16.3 Å². The lowest BCUT2D eigenvalue weighted by molar-refractivity contribution is -0.117. The lowest BCUT2D eigenvalue weighted by atomic mass is 10.1. The average Bonchev–Trinajstić information content (AvgIpc) is 3.11. The van der Waals surface area contributed by atoms with Gasteiger partial charge in [0.05, 0.1) is 31.5 Å². The Labute approximate surface area is 199 Å². The third-order valence-corrected chi connectivity index (χ3v) is 6.15. The number of carbonyl (C=O) groups excluding carboxylic acids is 1. The quantitative estimate of drug-likeness (QED) is 0.510. The number of aromatic nitrogens is 2. The lowest BCUT2D eigenvalue weighted by Gasteiger charge is -2.31. The van der Waals surface area contributed by atoms with Gasteiger partial charge in [-0.2, -0.15) is 5.10 Å². The third kappa shape index (κ3) is 6.32. The first-order valence-corrected chi connectivity index (χ1v) is 11.6. The van der Waals surface area contributed by atoms with Crippen molar-refractivity contribution in [1.29, 1.82) is 0 Å². The second kappa shape index (κ2) is 11.3. The van der Waals surface area contributed by atoms with Crippen LogP contribution in [0.15, 0.2) is 66.7 Å². The Morgan fingerprint density at radius 3 is 2.48 bits per heavy atom. The van der Waals surface area contributed by atoms with E-state index < -0.39 is 0 Å². The minimum absolute atomic E-state index is 0.112. The number of morpholine rings is 1. The molecule has 1 N–H and O–H groups in total. The zero-order valence-electron chi connectivity index (χ0n) is 18.8. The number of hydrogen-bond acceptors (Lipinski definition) is 4. The summed E-state index contributed by atoms with van der Waals surface area (Å²) in [6.45, 7) is 6.39. The van der Waals surface area contributed by atoms with E-state index in [1.54, 1.807) is 10.8 Å². The zero-order valence-corrected chi connectivity index (χ0v) is 19.5. The van der Waals surface area contributed by atoms with Crippen LogP contribution in [0, 0.1) is 6.92 Å². The molecule has 3 aromatic rings. The van der Waals surface area contributed by atoms with Crippen LogP contribution in [0.25, 0.3) is 6.08 Å². The molecule has 1 amide bonds. The van der Waals surface area contributed by atoms with E-state index in [1.807, 2.05) is 67.6 Å². The summed E-state index contributed by atoms with van der Waals surface area (Å²) in [5.41, 5.74) is 3.74. The van der Waals surface area contributed by atoms with Gasteiger partial charge in [-0.25, -0.2) is 4.68 Å². The predicted molar refractivity (Wildman–Crippen MR) is 131 cm³/mol. The molecular weight excluding hydrogens is 436 g/mol. The summed E-state index contributed by atoms with van der Waals surface area (Å²) >= 11 is 6.59. The van der Waals surface area contributed by atoms with Crippen molar-refractivity contribution in [3.8, 4) is 0 Å². The molecule has 2 heterocycles. The van der Waals surface area contributed by atoms with Crippen LogP contribution in [0.2, 0.25) is 5.15 Å². The first kappa shape index (κ1) is 23.2. The fourth-order valence-electron chi connectivity index (χ4n) is 3.96. The smallest absolute Gasteiger partial charge is 0.244 e. The van der Waals surface area contributed by atoms with Gasteiger partial charge in [0.25, 0.3) is 0 Å². The number of rotatable bonds is 8. The molecule has 1 fully saturated rings. The summed E-state index contributed by atoms with van der Waals surface area (Å²) in [5.74, 6) is -0.164. The largest absolute Gasteiger partial charge is 0.379 e. The van der Waals surface area contributed by atoms with Crippen molar-refractivity contribution >= 4 is 23.6 Å². The van der Waals surface area contributed by atoms with Crippen LogP contribution in [0.3, 0.4) is 0 Å². The molecule has 172 valence electrons. The number of benzene rings is 2. The summed E-state index contributed by atoms with van der Waals surface area (Å²) in [7, 11) is 0. The van der Waals surface area contributed by atoms with Crippen molar-refractivity contribution < 1.29 is 9.53 Å². The Hall–Kier alpha value is -2.93. The van der Waals surface area contributed by atoms with E-state index in [9.17, 15) is 4.79 Å². The maximum Gasteiger partial charge on any atom is 0.244 e. The van der Waals surface area contributed by atoms with Gasteiger partial charge in [0, 0.05) is 31.3 Å². The van der Waals surface area contributed by atoms with Gasteiger partial charge in [0.2, 0.25) is 5.91 Å². The van der Waals surface area contributed by atoms with Gasteiger partial charge < -0.3 is 10.1 Å². The van der Waals surface area contributed by atoms with Crippen LogP contribution in [0.4, 0.5) is 0 Å². The molecule has 1 aliphatic rings. The van der Waals surface area contributed by atoms with Crippen molar-refractivity contribution in [2.75, 3.05) is 32.8 Å². The highest BCUT2D eigenvalue weighted by atomic mass is 35.5. The molecule has 1 unspecified atom stereocenters. The van der Waals surface area contributed by atoms with Crippen molar-refractivity contribution in [3.63, 3.8) is 0 Å². The molecule has 33 heavy (non-hydrogen) atoms. The zero-order chi connectivity index (χ0) is 23.0. The van der Waals surface area contributed by atoms with E-state index in [0.29, 0.717) is 11.7 Å².